The molecule has 0 bridgehead atoms. The Hall–Kier alpha value is -10.7. The Balaban J connectivity index is 0.000000135. The van der Waals surface area contributed by atoms with E-state index in [2.05, 4.69) is 44.2 Å². The molecule has 12 heterocycles. The second kappa shape index (κ2) is 27.7. The van der Waals surface area contributed by atoms with Crippen LogP contribution in [0.5, 0.6) is 0 Å². The van der Waals surface area contributed by atoms with Crippen molar-refractivity contribution in [3.8, 4) is 45.0 Å². The van der Waals surface area contributed by atoms with Gasteiger partial charge < -0.3 is 17.7 Å². The van der Waals surface area contributed by atoms with E-state index in [9.17, 15) is 0 Å². The minimum absolute atomic E-state index is 0.0878. The Morgan fingerprint density at radius 3 is 0.873 bits per heavy atom. The van der Waals surface area contributed by atoms with Crippen molar-refractivity contribution in [3.63, 3.8) is 0 Å². The smallest absolute Gasteiger partial charge is 0.227 e. The van der Waals surface area contributed by atoms with Crippen LogP contribution in [0.25, 0.3) is 133 Å². The molecule has 0 aliphatic heterocycles. The van der Waals surface area contributed by atoms with Gasteiger partial charge in [-0.05, 0) is 186 Å². The summed E-state index contributed by atoms with van der Waals surface area (Å²) in [4.78, 5) is 17.7. The number of hydrogen-bond donors (Lipinski definition) is 0. The average Bonchev–Trinajstić information content (AvgIpc) is 1.58. The van der Waals surface area contributed by atoms with Crippen molar-refractivity contribution in [2.45, 2.75) is 148 Å². The first-order chi connectivity index (χ1) is 54.1. The number of hydrogen-bond acceptors (Lipinski definition) is 8. The fourth-order valence-corrected chi connectivity index (χ4v) is 14.0. The summed E-state index contributed by atoms with van der Waals surface area (Å²) in [6.45, 7) is 18.0. The molecule has 4 aromatic carbocycles. The van der Waals surface area contributed by atoms with Crippen LogP contribution in [-0.4, -0.2) is 19.9 Å². The highest BCUT2D eigenvalue weighted by molar-refractivity contribution is 6.12. The predicted molar refractivity (Wildman–Crippen MR) is 416 cm³/mol. The number of rotatable bonds is 8. The van der Waals surface area contributed by atoms with Crippen molar-refractivity contribution in [1.82, 2.24) is 19.9 Å². The maximum atomic E-state index is 8.56. The largest absolute Gasteiger partial charge is 0.437 e. The lowest BCUT2D eigenvalue weighted by atomic mass is 9.94. The SMILES string of the molecule is [2H]C([2H])([2H])c1c[n+](C)c(-c2c(C)ccc3c2oc2nc(C)ccc23)cc1C(C)C.[2H]C([2H])([2H])c1c[n+](C)c(-c2c(C)ccc3c2oc2nc(C)ccc23)cc1C([2H])(C)C.[2H]C([2H])([2H])c1c[n+](C)c(-c2c(C)ccc3c2oc2ncccc23)cc1C(C)C.[2H]C([2H])([2H])c1c[n+](C)c(-c2c(C)ccc3c2oc2ncccc23)cc1C([2H])(C)C. The van der Waals surface area contributed by atoms with Gasteiger partial charge in [-0.25, -0.2) is 38.2 Å². The molecule has 0 unspecified atom stereocenters. The molecule has 0 N–H and O–H groups in total. The minimum atomic E-state index is -2.30. The van der Waals surface area contributed by atoms with Crippen LogP contribution in [0.2, 0.25) is 0 Å². The van der Waals surface area contributed by atoms with Crippen LogP contribution < -0.4 is 18.3 Å². The van der Waals surface area contributed by atoms with Crippen LogP contribution in [-0.2, 0) is 28.2 Å². The molecule has 0 saturated carbocycles. The summed E-state index contributed by atoms with van der Waals surface area (Å²) < 4.78 is 144. The molecule has 0 saturated heterocycles. The molecule has 0 fully saturated rings. The van der Waals surface area contributed by atoms with Gasteiger partial charge in [-0.15, -0.1) is 0 Å². The summed E-state index contributed by atoms with van der Waals surface area (Å²) in [6, 6.07) is 39.8. The zero-order valence-corrected chi connectivity index (χ0v) is 61.4. The van der Waals surface area contributed by atoms with Gasteiger partial charge in [0.05, 0.1) is 22.3 Å². The summed E-state index contributed by atoms with van der Waals surface area (Å²) in [5, 5.41) is 7.78. The Labute approximate surface area is 618 Å². The lowest BCUT2D eigenvalue weighted by Gasteiger charge is -2.12. The molecule has 102 heavy (non-hydrogen) atoms. The summed E-state index contributed by atoms with van der Waals surface area (Å²) in [5.74, 6) is -1.96. The van der Waals surface area contributed by atoms with Crippen LogP contribution in [0, 0.1) is 68.9 Å². The molecular formula is C90H96N8O4+4. The van der Waals surface area contributed by atoms with Crippen molar-refractivity contribution in [2.75, 3.05) is 0 Å². The Morgan fingerprint density at radius 2 is 0.588 bits per heavy atom. The van der Waals surface area contributed by atoms with Gasteiger partial charge in [0.2, 0.25) is 45.6 Å². The normalized spacial score (nSPS) is 14.5. The van der Waals surface area contributed by atoms with Crippen molar-refractivity contribution in [2.24, 2.45) is 28.2 Å². The van der Waals surface area contributed by atoms with Gasteiger partial charge in [0.15, 0.2) is 47.1 Å². The molecule has 16 rings (SSSR count). The topological polar surface area (TPSA) is 120 Å². The van der Waals surface area contributed by atoms with Crippen LogP contribution in [0.15, 0.2) is 176 Å². The Morgan fingerprint density at radius 1 is 0.324 bits per heavy atom. The lowest BCUT2D eigenvalue weighted by Crippen LogP contribution is -2.32. The van der Waals surface area contributed by atoms with Crippen molar-refractivity contribution in [1.29, 1.82) is 0 Å². The molecule has 516 valence electrons. The van der Waals surface area contributed by atoms with Crippen molar-refractivity contribution < 1.29 is 55.1 Å². The molecule has 0 spiro atoms. The van der Waals surface area contributed by atoms with Gasteiger partial charge >= 0.3 is 0 Å². The zero-order chi connectivity index (χ0) is 84.4. The number of benzene rings is 4. The molecule has 12 nitrogen and oxygen atoms in total. The number of aryl methyl sites for hydroxylation is 14. The highest BCUT2D eigenvalue weighted by Gasteiger charge is 2.28. The summed E-state index contributed by atoms with van der Waals surface area (Å²) in [7, 11) is 7.42. The van der Waals surface area contributed by atoms with E-state index in [1.807, 2.05) is 208 Å². The van der Waals surface area contributed by atoms with Crippen LogP contribution in [0.1, 0.15) is 176 Å². The molecule has 16 aromatic rings. The van der Waals surface area contributed by atoms with E-state index in [1.54, 1.807) is 69.4 Å². The fourth-order valence-electron chi connectivity index (χ4n) is 14.0. The van der Waals surface area contributed by atoms with E-state index in [0.717, 1.165) is 144 Å². The summed E-state index contributed by atoms with van der Waals surface area (Å²) >= 11 is 0. The van der Waals surface area contributed by atoms with E-state index >= 15 is 0 Å². The number of pyridine rings is 8. The molecule has 0 aliphatic rings. The maximum Gasteiger partial charge on any atom is 0.227 e. The molecule has 0 aliphatic carbocycles. The first-order valence-electron chi connectivity index (χ1n) is 41.4. The lowest BCUT2D eigenvalue weighted by molar-refractivity contribution is -0.660. The molecule has 12 heteroatoms. The predicted octanol–water partition coefficient (Wildman–Crippen LogP) is 21.5. The molecular weight excluding hydrogens is 1260 g/mol. The van der Waals surface area contributed by atoms with E-state index in [1.165, 1.54) is 0 Å². The minimum Gasteiger partial charge on any atom is -0.437 e. The molecule has 0 radical (unpaired) electrons. The maximum absolute atomic E-state index is 8.56. The third-order valence-electron chi connectivity index (χ3n) is 19.5. The fraction of sp³-hybridized carbons (Fsp3) is 0.289. The third kappa shape index (κ3) is 12.8. The standard InChI is InChI=1S/2C23H25N2O.2C22H23N2O/c2*1-13(2)19-11-20(25(6)12-15(19)4)21-14(3)7-9-17-18-10-8-16(5)24-23(18)26-22(17)21;2*1-13(2)18-11-19(24(5)12-15(18)4)20-14(3)8-9-16-17-7-6-10-23-22(17)25-21(16)20/h2*7-13H,1-6H3;2*6-13H,1-5H3/q4*+1/i4D3,13D;4D3;4D3,13D;4D3. The van der Waals surface area contributed by atoms with Gasteiger partial charge in [0.1, 0.15) is 28.2 Å². The van der Waals surface area contributed by atoms with Crippen molar-refractivity contribution >= 4 is 88.3 Å². The monoisotopic (exact) mass is 1370 g/mol. The number of nitrogens with zero attached hydrogens (tertiary/aromatic N) is 8. The highest BCUT2D eigenvalue weighted by atomic mass is 16.4. The Kier molecular flexibility index (Phi) is 14.7. The number of aromatic nitrogens is 8. The number of furan rings is 4. The summed E-state index contributed by atoms with van der Waals surface area (Å²) in [6.07, 6.45) is 10.1. The molecule has 12 aromatic heterocycles. The Bertz CT molecular complexity index is 6580. The molecule has 0 amide bonds. The van der Waals surface area contributed by atoms with Gasteiger partial charge in [0, 0.05) is 133 Å². The highest BCUT2D eigenvalue weighted by Crippen LogP contribution is 2.42. The average molecular weight is 1370 g/mol. The summed E-state index contributed by atoms with van der Waals surface area (Å²) in [5.41, 5.74) is 22.3. The van der Waals surface area contributed by atoms with Gasteiger partial charge in [-0.3, -0.25) is 0 Å². The van der Waals surface area contributed by atoms with E-state index in [-0.39, 0.29) is 23.0 Å². The van der Waals surface area contributed by atoms with Crippen molar-refractivity contribution in [3.05, 3.63) is 237 Å². The van der Waals surface area contributed by atoms with Gasteiger partial charge in [-0.1, -0.05) is 104 Å². The first-order valence-corrected chi connectivity index (χ1v) is 34.4. The van der Waals surface area contributed by atoms with Gasteiger partial charge in [-0.2, -0.15) is 0 Å². The van der Waals surface area contributed by atoms with E-state index in [4.69, 9.17) is 36.9 Å². The van der Waals surface area contributed by atoms with Gasteiger partial charge in [0.25, 0.3) is 0 Å². The quantitative estimate of drug-likeness (QED) is 0.138. The second-order valence-electron chi connectivity index (χ2n) is 28.0. The third-order valence-corrected chi connectivity index (χ3v) is 19.5. The molecule has 0 atom stereocenters. The second-order valence-corrected chi connectivity index (χ2v) is 28.0. The number of fused-ring (bicyclic) bond motifs is 12. The van der Waals surface area contributed by atoms with E-state index < -0.39 is 39.2 Å². The van der Waals surface area contributed by atoms with Crippen LogP contribution in [0.3, 0.4) is 0 Å². The van der Waals surface area contributed by atoms with Crippen LogP contribution >= 0.6 is 0 Å². The zero-order valence-electron chi connectivity index (χ0n) is 75.4. The van der Waals surface area contributed by atoms with Crippen LogP contribution in [0.4, 0.5) is 0 Å². The first kappa shape index (κ1) is 54.1. The van der Waals surface area contributed by atoms with E-state index in [0.29, 0.717) is 56.3 Å².